The van der Waals surface area contributed by atoms with Gasteiger partial charge in [-0.25, -0.2) is 4.39 Å². The van der Waals surface area contributed by atoms with E-state index in [1.807, 2.05) is 30.3 Å². The summed E-state index contributed by atoms with van der Waals surface area (Å²) in [6.45, 7) is 4.43. The molecule has 0 amide bonds. The molecule has 0 aliphatic heterocycles. The molecule has 0 aliphatic rings. The molecule has 0 N–H and O–H groups in total. The number of hydrogen-bond donors (Lipinski definition) is 0. The van der Waals surface area contributed by atoms with E-state index >= 15 is 0 Å². The van der Waals surface area contributed by atoms with Gasteiger partial charge in [0.2, 0.25) is 0 Å². The number of unbranched alkanes of at least 4 members (excludes halogenated alkanes) is 1. The molecule has 0 saturated heterocycles. The van der Waals surface area contributed by atoms with Gasteiger partial charge in [0.05, 0.1) is 0 Å². The van der Waals surface area contributed by atoms with Gasteiger partial charge in [0.15, 0.2) is 0 Å². The van der Waals surface area contributed by atoms with Crippen LogP contribution in [0.2, 0.25) is 0 Å². The summed E-state index contributed by atoms with van der Waals surface area (Å²) in [5.41, 5.74) is 1.12. The second kappa shape index (κ2) is 7.58. The SMILES string of the molecule is CCCCC(CC)Cc1sc(-c2ccccc2)cc1F. The molecule has 0 saturated carbocycles. The van der Waals surface area contributed by atoms with Crippen LogP contribution >= 0.6 is 11.3 Å². The van der Waals surface area contributed by atoms with Crippen molar-refractivity contribution in [3.63, 3.8) is 0 Å². The van der Waals surface area contributed by atoms with Crippen LogP contribution < -0.4 is 0 Å². The van der Waals surface area contributed by atoms with Gasteiger partial charge in [-0.1, -0.05) is 69.9 Å². The molecule has 20 heavy (non-hydrogen) atoms. The molecule has 0 nitrogen and oxygen atoms in total. The summed E-state index contributed by atoms with van der Waals surface area (Å²) in [6.07, 6.45) is 5.71. The van der Waals surface area contributed by atoms with Crippen LogP contribution in [-0.4, -0.2) is 0 Å². The highest BCUT2D eigenvalue weighted by Crippen LogP contribution is 2.33. The summed E-state index contributed by atoms with van der Waals surface area (Å²) in [7, 11) is 0. The first kappa shape index (κ1) is 15.2. The maximum atomic E-state index is 14.1. The van der Waals surface area contributed by atoms with Crippen molar-refractivity contribution >= 4 is 11.3 Å². The summed E-state index contributed by atoms with van der Waals surface area (Å²) in [6, 6.07) is 11.8. The second-order valence-electron chi connectivity index (χ2n) is 5.37. The topological polar surface area (TPSA) is 0 Å². The van der Waals surface area contributed by atoms with Gasteiger partial charge in [-0.3, -0.25) is 0 Å². The van der Waals surface area contributed by atoms with Gasteiger partial charge in [0, 0.05) is 9.75 Å². The molecule has 0 spiro atoms. The van der Waals surface area contributed by atoms with Crippen LogP contribution in [0.3, 0.4) is 0 Å². The fraction of sp³-hybridized carbons (Fsp3) is 0.444. The van der Waals surface area contributed by atoms with E-state index in [9.17, 15) is 4.39 Å². The molecule has 1 heterocycles. The van der Waals surface area contributed by atoms with Gasteiger partial charge in [0.25, 0.3) is 0 Å². The predicted octanol–water partition coefficient (Wildman–Crippen LogP) is 6.31. The number of rotatable bonds is 7. The Morgan fingerprint density at radius 3 is 2.55 bits per heavy atom. The van der Waals surface area contributed by atoms with Crippen molar-refractivity contribution in [2.24, 2.45) is 5.92 Å². The smallest absolute Gasteiger partial charge is 0.137 e. The first-order chi connectivity index (χ1) is 9.74. The molecular formula is C18H23FS. The number of hydrogen-bond acceptors (Lipinski definition) is 1. The highest BCUT2D eigenvalue weighted by Gasteiger charge is 2.14. The third-order valence-electron chi connectivity index (χ3n) is 3.83. The van der Waals surface area contributed by atoms with E-state index in [1.165, 1.54) is 19.3 Å². The van der Waals surface area contributed by atoms with E-state index in [-0.39, 0.29) is 5.82 Å². The molecular weight excluding hydrogens is 267 g/mol. The number of benzene rings is 1. The Labute approximate surface area is 125 Å². The highest BCUT2D eigenvalue weighted by molar-refractivity contribution is 7.15. The molecule has 108 valence electrons. The third-order valence-corrected chi connectivity index (χ3v) is 5.01. The Hall–Kier alpha value is -1.15. The Balaban J connectivity index is 2.11. The normalized spacial score (nSPS) is 12.6. The van der Waals surface area contributed by atoms with E-state index in [0.29, 0.717) is 5.92 Å². The minimum absolute atomic E-state index is 0.0243. The lowest BCUT2D eigenvalue weighted by Gasteiger charge is -2.12. The average Bonchev–Trinajstić information content (AvgIpc) is 2.85. The van der Waals surface area contributed by atoms with E-state index < -0.39 is 0 Å². The van der Waals surface area contributed by atoms with Crippen LogP contribution in [0, 0.1) is 11.7 Å². The molecule has 2 rings (SSSR count). The minimum Gasteiger partial charge on any atom is -0.206 e. The van der Waals surface area contributed by atoms with Crippen molar-refractivity contribution in [1.29, 1.82) is 0 Å². The van der Waals surface area contributed by atoms with Gasteiger partial charge in [-0.05, 0) is 24.0 Å². The molecule has 0 aliphatic carbocycles. The van der Waals surface area contributed by atoms with E-state index in [4.69, 9.17) is 0 Å². The molecule has 1 aromatic carbocycles. The quantitative estimate of drug-likeness (QED) is 0.560. The van der Waals surface area contributed by atoms with Gasteiger partial charge in [0.1, 0.15) is 5.82 Å². The zero-order valence-corrected chi connectivity index (χ0v) is 13.2. The number of thiophene rings is 1. The summed E-state index contributed by atoms with van der Waals surface area (Å²) in [5, 5.41) is 0. The molecule has 0 radical (unpaired) electrons. The molecule has 0 bridgehead atoms. The first-order valence-electron chi connectivity index (χ1n) is 7.58. The standard InChI is InChI=1S/C18H23FS/c1-3-5-9-14(4-2)12-18-16(19)13-17(20-18)15-10-7-6-8-11-15/h6-8,10-11,13-14H,3-5,9,12H2,1-2H3. The fourth-order valence-electron chi connectivity index (χ4n) is 2.50. The minimum atomic E-state index is -0.0243. The maximum Gasteiger partial charge on any atom is 0.137 e. The van der Waals surface area contributed by atoms with E-state index in [0.717, 1.165) is 28.2 Å². The zero-order chi connectivity index (χ0) is 14.4. The predicted molar refractivity (Wildman–Crippen MR) is 86.7 cm³/mol. The van der Waals surface area contributed by atoms with Gasteiger partial charge < -0.3 is 0 Å². The lowest BCUT2D eigenvalue weighted by atomic mass is 9.95. The Morgan fingerprint density at radius 1 is 1.15 bits per heavy atom. The Kier molecular flexibility index (Phi) is 5.78. The van der Waals surface area contributed by atoms with Crippen LogP contribution in [0.1, 0.15) is 44.4 Å². The summed E-state index contributed by atoms with van der Waals surface area (Å²) >= 11 is 1.61. The molecule has 2 heteroatoms. The largest absolute Gasteiger partial charge is 0.206 e. The lowest BCUT2D eigenvalue weighted by molar-refractivity contribution is 0.444. The van der Waals surface area contributed by atoms with Crippen LogP contribution in [-0.2, 0) is 6.42 Å². The molecule has 0 fully saturated rings. The van der Waals surface area contributed by atoms with Crippen molar-refractivity contribution in [2.75, 3.05) is 0 Å². The van der Waals surface area contributed by atoms with Gasteiger partial charge in [-0.15, -0.1) is 11.3 Å². The zero-order valence-electron chi connectivity index (χ0n) is 12.4. The Morgan fingerprint density at radius 2 is 1.90 bits per heavy atom. The van der Waals surface area contributed by atoms with Gasteiger partial charge in [-0.2, -0.15) is 0 Å². The fourth-order valence-corrected chi connectivity index (χ4v) is 3.65. The second-order valence-corrected chi connectivity index (χ2v) is 6.51. The van der Waals surface area contributed by atoms with Crippen molar-refractivity contribution in [3.05, 3.63) is 47.1 Å². The molecule has 2 aromatic rings. The van der Waals surface area contributed by atoms with Gasteiger partial charge >= 0.3 is 0 Å². The average molecular weight is 290 g/mol. The Bertz CT molecular complexity index is 515. The van der Waals surface area contributed by atoms with E-state index in [2.05, 4.69) is 13.8 Å². The van der Waals surface area contributed by atoms with E-state index in [1.54, 1.807) is 17.4 Å². The summed E-state index contributed by atoms with van der Waals surface area (Å²) < 4.78 is 14.1. The van der Waals surface area contributed by atoms with Crippen molar-refractivity contribution < 1.29 is 4.39 Å². The summed E-state index contributed by atoms with van der Waals surface area (Å²) in [4.78, 5) is 1.97. The maximum absolute atomic E-state index is 14.1. The molecule has 1 aromatic heterocycles. The number of halogens is 1. The van der Waals surface area contributed by atoms with Crippen molar-refractivity contribution in [2.45, 2.75) is 46.0 Å². The molecule has 1 unspecified atom stereocenters. The van der Waals surface area contributed by atoms with Crippen LogP contribution in [0.5, 0.6) is 0 Å². The van der Waals surface area contributed by atoms with Crippen molar-refractivity contribution in [1.82, 2.24) is 0 Å². The summed E-state index contributed by atoms with van der Waals surface area (Å²) in [5.74, 6) is 0.593. The lowest BCUT2D eigenvalue weighted by Crippen LogP contribution is -2.03. The van der Waals surface area contributed by atoms with Crippen LogP contribution in [0.15, 0.2) is 36.4 Å². The van der Waals surface area contributed by atoms with Crippen LogP contribution in [0.25, 0.3) is 10.4 Å². The first-order valence-corrected chi connectivity index (χ1v) is 8.39. The van der Waals surface area contributed by atoms with Crippen molar-refractivity contribution in [3.8, 4) is 10.4 Å². The monoisotopic (exact) mass is 290 g/mol. The third kappa shape index (κ3) is 3.92. The van der Waals surface area contributed by atoms with Crippen LogP contribution in [0.4, 0.5) is 4.39 Å². The molecule has 1 atom stereocenters. The highest BCUT2D eigenvalue weighted by atomic mass is 32.1.